The van der Waals surface area contributed by atoms with E-state index >= 15 is 0 Å². The molecule has 288 valence electrons. The number of nitrogens with zero attached hydrogens (tertiary/aromatic N) is 5. The Hall–Kier alpha value is -4.36. The van der Waals surface area contributed by atoms with Crippen molar-refractivity contribution in [3.63, 3.8) is 0 Å². The highest BCUT2D eigenvalue weighted by molar-refractivity contribution is 5.91. The Morgan fingerprint density at radius 2 is 1.53 bits per heavy atom. The monoisotopic (exact) mass is 732 g/mol. The summed E-state index contributed by atoms with van der Waals surface area (Å²) in [4.78, 5) is 62.9. The predicted octanol–water partition coefficient (Wildman–Crippen LogP) is 4.17. The third kappa shape index (κ3) is 9.61. The molecule has 0 bridgehead atoms. The predicted molar refractivity (Wildman–Crippen MR) is 201 cm³/mol. The van der Waals surface area contributed by atoms with Gasteiger partial charge >= 0.3 is 18.1 Å². The second-order valence-corrected chi connectivity index (χ2v) is 14.9. The van der Waals surface area contributed by atoms with Crippen LogP contribution < -0.4 is 5.32 Å². The number of likely N-dealkylation sites (tertiary alicyclic amines) is 2. The molecule has 13 heteroatoms. The fourth-order valence-electron chi connectivity index (χ4n) is 8.35. The van der Waals surface area contributed by atoms with Gasteiger partial charge in [0.2, 0.25) is 0 Å². The lowest BCUT2D eigenvalue weighted by molar-refractivity contribution is -0.144. The van der Waals surface area contributed by atoms with Gasteiger partial charge in [-0.1, -0.05) is 30.3 Å². The number of fused-ring (bicyclic) bond motifs is 1. The second-order valence-electron chi connectivity index (χ2n) is 14.9. The van der Waals surface area contributed by atoms with Crippen LogP contribution in [-0.2, 0) is 31.9 Å². The van der Waals surface area contributed by atoms with Crippen LogP contribution in [0.4, 0.5) is 15.3 Å². The summed E-state index contributed by atoms with van der Waals surface area (Å²) in [5.74, 6) is -0.129. The third-order valence-corrected chi connectivity index (χ3v) is 11.4. The molecule has 0 spiro atoms. The Balaban J connectivity index is 1.03. The number of rotatable bonds is 10. The summed E-state index contributed by atoms with van der Waals surface area (Å²) in [6.07, 6.45) is 3.15. The molecule has 4 aliphatic heterocycles. The Labute approximate surface area is 313 Å². The molecule has 1 atom stereocenters. The summed E-state index contributed by atoms with van der Waals surface area (Å²) >= 11 is 0. The summed E-state index contributed by atoms with van der Waals surface area (Å²) in [6.45, 7) is 12.5. The number of urea groups is 1. The van der Waals surface area contributed by atoms with Crippen LogP contribution in [0.1, 0.15) is 61.3 Å². The molecule has 3 fully saturated rings. The van der Waals surface area contributed by atoms with Gasteiger partial charge in [0.15, 0.2) is 6.10 Å². The minimum atomic E-state index is -1.01. The molecule has 0 aliphatic carbocycles. The van der Waals surface area contributed by atoms with Crippen LogP contribution in [0.3, 0.4) is 0 Å². The number of piperidine rings is 2. The molecule has 4 heterocycles. The van der Waals surface area contributed by atoms with Crippen LogP contribution in [0.25, 0.3) is 0 Å². The van der Waals surface area contributed by atoms with Crippen molar-refractivity contribution in [2.24, 2.45) is 0 Å². The van der Waals surface area contributed by atoms with E-state index in [0.717, 1.165) is 68.8 Å². The SMILES string of the molecule is CCOC(=O)CCN1CCC(N2CCN(C(=O)[C@@H](Cc3cc(C)c(O)c(C)c3)OC(=O)N3CCC(N4CCc5ccccc5NC4=O)CC3)CC2)CC1. The summed E-state index contributed by atoms with van der Waals surface area (Å²) in [7, 11) is 0. The van der Waals surface area contributed by atoms with Crippen LogP contribution in [0.15, 0.2) is 36.4 Å². The number of esters is 1. The quantitative estimate of drug-likeness (QED) is 0.345. The van der Waals surface area contributed by atoms with Crippen LogP contribution in [-0.4, -0.2) is 144 Å². The number of aryl methyl sites for hydroxylation is 2. The largest absolute Gasteiger partial charge is 0.507 e. The first-order valence-electron chi connectivity index (χ1n) is 19.4. The van der Waals surface area contributed by atoms with Crippen LogP contribution in [0.2, 0.25) is 0 Å². The summed E-state index contributed by atoms with van der Waals surface area (Å²) in [5, 5.41) is 13.4. The molecule has 0 aromatic heterocycles. The normalized spacial score (nSPS) is 20.0. The van der Waals surface area contributed by atoms with Crippen molar-refractivity contribution < 1.29 is 33.8 Å². The van der Waals surface area contributed by atoms with Crippen molar-refractivity contribution in [1.82, 2.24) is 24.5 Å². The average molecular weight is 733 g/mol. The third-order valence-electron chi connectivity index (χ3n) is 11.4. The number of piperazine rings is 1. The number of carbonyl (C=O) groups excluding carboxylic acids is 4. The number of aromatic hydroxyl groups is 1. The highest BCUT2D eigenvalue weighted by Crippen LogP contribution is 2.27. The molecule has 2 N–H and O–H groups in total. The second kappa shape index (κ2) is 17.6. The summed E-state index contributed by atoms with van der Waals surface area (Å²) < 4.78 is 11.2. The number of phenolic OH excluding ortho intramolecular Hbond substituents is 1. The Morgan fingerprint density at radius 1 is 0.868 bits per heavy atom. The summed E-state index contributed by atoms with van der Waals surface area (Å²) in [6, 6.07) is 11.9. The lowest BCUT2D eigenvalue weighted by Crippen LogP contribution is -2.56. The minimum absolute atomic E-state index is 0.00173. The number of hydrogen-bond acceptors (Lipinski definition) is 9. The van der Waals surface area contributed by atoms with Crippen molar-refractivity contribution >= 4 is 29.7 Å². The zero-order valence-electron chi connectivity index (χ0n) is 31.6. The molecule has 2 aromatic carbocycles. The molecule has 0 radical (unpaired) electrons. The number of para-hydroxylation sites is 1. The standard InChI is InChI=1S/C40H56N6O7/c1-4-52-36(47)14-17-42-15-10-32(11-16-42)43-21-23-44(24-22-43)38(49)35(27-30-25-28(2)37(48)29(3)26-30)53-40(51)45-18-12-33(13-19-45)46-20-9-31-7-5-6-8-34(31)41-39(46)50/h5-8,25-26,32-33,35,48H,4,9-24,27H2,1-3H3,(H,41,50)/t35-/m1/s1. The first-order valence-corrected chi connectivity index (χ1v) is 19.4. The van der Waals surface area contributed by atoms with Gasteiger partial charge in [-0.25, -0.2) is 9.59 Å². The molecule has 13 nitrogen and oxygen atoms in total. The number of anilines is 1. The minimum Gasteiger partial charge on any atom is -0.507 e. The number of hydrogen-bond donors (Lipinski definition) is 2. The van der Waals surface area contributed by atoms with Gasteiger partial charge in [-0.15, -0.1) is 0 Å². The van der Waals surface area contributed by atoms with E-state index in [1.54, 1.807) is 4.90 Å². The molecule has 2 aromatic rings. The van der Waals surface area contributed by atoms with Gasteiger partial charge < -0.3 is 39.5 Å². The topological polar surface area (TPSA) is 135 Å². The highest BCUT2D eigenvalue weighted by atomic mass is 16.6. The number of ether oxygens (including phenoxy) is 2. The lowest BCUT2D eigenvalue weighted by Gasteiger charge is -2.43. The number of benzene rings is 2. The van der Waals surface area contributed by atoms with E-state index in [1.165, 1.54) is 0 Å². The highest BCUT2D eigenvalue weighted by Gasteiger charge is 2.36. The van der Waals surface area contributed by atoms with Crippen molar-refractivity contribution in [3.8, 4) is 5.75 Å². The van der Waals surface area contributed by atoms with Crippen LogP contribution in [0.5, 0.6) is 5.75 Å². The smallest absolute Gasteiger partial charge is 0.410 e. The number of nitrogens with one attached hydrogen (secondary N) is 1. The lowest BCUT2D eigenvalue weighted by atomic mass is 10.00. The zero-order valence-corrected chi connectivity index (χ0v) is 31.6. The number of carbonyl (C=O) groups is 4. The van der Waals surface area contributed by atoms with E-state index in [-0.39, 0.29) is 36.1 Å². The molecule has 4 aliphatic rings. The first-order chi connectivity index (χ1) is 25.6. The average Bonchev–Trinajstić information content (AvgIpc) is 3.34. The van der Waals surface area contributed by atoms with Gasteiger partial charge in [-0.05, 0) is 94.3 Å². The van der Waals surface area contributed by atoms with Crippen LogP contribution >= 0.6 is 0 Å². The van der Waals surface area contributed by atoms with E-state index < -0.39 is 12.2 Å². The zero-order chi connectivity index (χ0) is 37.5. The summed E-state index contributed by atoms with van der Waals surface area (Å²) in [5.41, 5.74) is 4.21. The first kappa shape index (κ1) is 38.4. The Kier molecular flexibility index (Phi) is 12.8. The van der Waals surface area contributed by atoms with Gasteiger partial charge in [0.25, 0.3) is 5.91 Å². The molecule has 0 unspecified atom stereocenters. The molecule has 6 rings (SSSR count). The fraction of sp³-hybridized carbons (Fsp3) is 0.600. The number of amides is 4. The van der Waals surface area contributed by atoms with E-state index in [0.29, 0.717) is 75.8 Å². The fourth-order valence-corrected chi connectivity index (χ4v) is 8.35. The molecule has 4 amide bonds. The molecule has 3 saturated heterocycles. The Morgan fingerprint density at radius 3 is 2.21 bits per heavy atom. The van der Waals surface area contributed by atoms with Gasteiger partial charge in [-0.3, -0.25) is 14.5 Å². The van der Waals surface area contributed by atoms with Crippen molar-refractivity contribution in [1.29, 1.82) is 0 Å². The van der Waals surface area contributed by atoms with E-state index in [2.05, 4.69) is 15.1 Å². The van der Waals surface area contributed by atoms with Gasteiger partial charge in [0.05, 0.1) is 13.0 Å². The maximum absolute atomic E-state index is 14.1. The van der Waals surface area contributed by atoms with Gasteiger partial charge in [0, 0.05) is 76.5 Å². The molecular formula is C40H56N6O7. The van der Waals surface area contributed by atoms with E-state index in [1.807, 2.05) is 67.0 Å². The maximum Gasteiger partial charge on any atom is 0.410 e. The van der Waals surface area contributed by atoms with E-state index in [9.17, 15) is 24.3 Å². The van der Waals surface area contributed by atoms with Gasteiger partial charge in [0.1, 0.15) is 5.75 Å². The van der Waals surface area contributed by atoms with E-state index in [4.69, 9.17) is 9.47 Å². The van der Waals surface area contributed by atoms with Gasteiger partial charge in [-0.2, -0.15) is 0 Å². The molecule has 53 heavy (non-hydrogen) atoms. The maximum atomic E-state index is 14.1. The number of phenols is 1. The molecule has 0 saturated carbocycles. The van der Waals surface area contributed by atoms with Crippen molar-refractivity contribution in [3.05, 3.63) is 58.7 Å². The Bertz CT molecular complexity index is 1590. The van der Waals surface area contributed by atoms with Crippen molar-refractivity contribution in [2.45, 2.75) is 83.9 Å². The molecular weight excluding hydrogens is 676 g/mol. The van der Waals surface area contributed by atoms with Crippen LogP contribution in [0, 0.1) is 13.8 Å². The van der Waals surface area contributed by atoms with Crippen molar-refractivity contribution in [2.75, 3.05) is 77.4 Å².